The lowest BCUT2D eigenvalue weighted by Gasteiger charge is -2.13. The standard InChI is InChI=1S/C22H32N4O3.HI/c1-6-23-22(25-13-18-11-19(14(3)4)26-29-18)24-12-17-10-21-16(8-15(5)28-21)9-20(17)27-7-2;/h9-11,14-15H,6-8,12-13H2,1-5H3,(H2,23,24,25);1H. The summed E-state index contributed by atoms with van der Waals surface area (Å²) in [5.74, 6) is 3.66. The Kier molecular flexibility index (Phi) is 9.26. The topological polar surface area (TPSA) is 80.9 Å². The predicted molar refractivity (Wildman–Crippen MR) is 129 cm³/mol. The summed E-state index contributed by atoms with van der Waals surface area (Å²) < 4.78 is 17.2. The molecule has 0 saturated heterocycles. The third-order valence-electron chi connectivity index (χ3n) is 4.73. The van der Waals surface area contributed by atoms with Gasteiger partial charge in [0, 0.05) is 30.2 Å². The Balaban J connectivity index is 0.00000320. The molecule has 1 unspecified atom stereocenters. The van der Waals surface area contributed by atoms with Crippen molar-refractivity contribution in [2.24, 2.45) is 4.99 Å². The number of nitrogens with zero attached hydrogens (tertiary/aromatic N) is 2. The third kappa shape index (κ3) is 6.26. The molecule has 2 N–H and O–H groups in total. The van der Waals surface area contributed by atoms with Crippen molar-refractivity contribution < 1.29 is 14.0 Å². The fourth-order valence-electron chi connectivity index (χ4n) is 3.26. The number of aromatic nitrogens is 1. The van der Waals surface area contributed by atoms with Crippen LogP contribution in [0.4, 0.5) is 0 Å². The van der Waals surface area contributed by atoms with Gasteiger partial charge in [-0.1, -0.05) is 19.0 Å². The molecule has 1 aliphatic rings. The van der Waals surface area contributed by atoms with Crippen molar-refractivity contribution in [2.45, 2.75) is 66.2 Å². The van der Waals surface area contributed by atoms with Crippen LogP contribution >= 0.6 is 24.0 Å². The molecule has 1 aliphatic heterocycles. The number of aliphatic imine (C=N–C) groups is 1. The summed E-state index contributed by atoms with van der Waals surface area (Å²) >= 11 is 0. The Labute approximate surface area is 196 Å². The van der Waals surface area contributed by atoms with E-state index in [0.29, 0.717) is 31.6 Å². The highest BCUT2D eigenvalue weighted by atomic mass is 127. The van der Waals surface area contributed by atoms with Crippen LogP contribution in [-0.2, 0) is 19.5 Å². The van der Waals surface area contributed by atoms with Gasteiger partial charge in [-0.2, -0.15) is 0 Å². The molecule has 30 heavy (non-hydrogen) atoms. The summed E-state index contributed by atoms with van der Waals surface area (Å²) in [6, 6.07) is 6.13. The number of benzene rings is 1. The zero-order chi connectivity index (χ0) is 20.8. The Hall–Kier alpha value is -1.97. The molecule has 0 radical (unpaired) electrons. The lowest BCUT2D eigenvalue weighted by atomic mass is 10.1. The second kappa shape index (κ2) is 11.4. The molecule has 7 nitrogen and oxygen atoms in total. The van der Waals surface area contributed by atoms with Crippen LogP contribution in [0.5, 0.6) is 11.5 Å². The smallest absolute Gasteiger partial charge is 0.191 e. The molecule has 2 aromatic rings. The summed E-state index contributed by atoms with van der Waals surface area (Å²) in [6.07, 6.45) is 1.12. The molecule has 0 amide bonds. The number of fused-ring (bicyclic) bond motifs is 1. The Morgan fingerprint density at radius 1 is 1.27 bits per heavy atom. The quantitative estimate of drug-likeness (QED) is 0.301. The minimum absolute atomic E-state index is 0. The van der Waals surface area contributed by atoms with Crippen LogP contribution < -0.4 is 20.1 Å². The van der Waals surface area contributed by atoms with E-state index in [4.69, 9.17) is 19.0 Å². The van der Waals surface area contributed by atoms with Crippen LogP contribution in [0.25, 0.3) is 0 Å². The Bertz CT molecular complexity index is 851. The van der Waals surface area contributed by atoms with E-state index in [1.54, 1.807) is 0 Å². The lowest BCUT2D eigenvalue weighted by molar-refractivity contribution is 0.254. The van der Waals surface area contributed by atoms with Crippen LogP contribution in [0.3, 0.4) is 0 Å². The van der Waals surface area contributed by atoms with E-state index in [-0.39, 0.29) is 30.1 Å². The van der Waals surface area contributed by atoms with Gasteiger partial charge in [-0.15, -0.1) is 24.0 Å². The molecule has 8 heteroatoms. The van der Waals surface area contributed by atoms with Crippen LogP contribution in [0.1, 0.15) is 63.1 Å². The van der Waals surface area contributed by atoms with Gasteiger partial charge in [0.05, 0.1) is 25.4 Å². The first-order chi connectivity index (χ1) is 14.0. The molecule has 0 spiro atoms. The normalized spacial score (nSPS) is 15.4. The SMILES string of the molecule is CCNC(=NCc1cc2c(cc1OCC)CC(C)O2)NCc1cc(C(C)C)no1.I. The average Bonchev–Trinajstić information content (AvgIpc) is 3.29. The number of hydrogen-bond acceptors (Lipinski definition) is 5. The van der Waals surface area contributed by atoms with Gasteiger partial charge in [-0.05, 0) is 38.8 Å². The van der Waals surface area contributed by atoms with E-state index in [1.807, 2.05) is 19.9 Å². The molecule has 0 saturated carbocycles. The second-order valence-electron chi connectivity index (χ2n) is 7.55. The number of nitrogens with one attached hydrogen (secondary N) is 2. The maximum absolute atomic E-state index is 5.91. The van der Waals surface area contributed by atoms with Gasteiger partial charge in [-0.25, -0.2) is 4.99 Å². The molecule has 1 aromatic carbocycles. The summed E-state index contributed by atoms with van der Waals surface area (Å²) in [4.78, 5) is 4.72. The van der Waals surface area contributed by atoms with Crippen molar-refractivity contribution in [3.05, 3.63) is 40.8 Å². The van der Waals surface area contributed by atoms with Gasteiger partial charge in [-0.3, -0.25) is 0 Å². The second-order valence-corrected chi connectivity index (χ2v) is 7.55. The monoisotopic (exact) mass is 528 g/mol. The predicted octanol–water partition coefficient (Wildman–Crippen LogP) is 4.39. The molecular formula is C22H33IN4O3. The number of hydrogen-bond donors (Lipinski definition) is 2. The van der Waals surface area contributed by atoms with E-state index in [2.05, 4.69) is 48.7 Å². The number of guanidine groups is 1. The minimum Gasteiger partial charge on any atom is -0.494 e. The molecule has 166 valence electrons. The molecule has 0 fully saturated rings. The third-order valence-corrected chi connectivity index (χ3v) is 4.73. The fraction of sp³-hybridized carbons (Fsp3) is 0.545. The van der Waals surface area contributed by atoms with Crippen LogP contribution in [0, 0.1) is 0 Å². The molecule has 1 aromatic heterocycles. The van der Waals surface area contributed by atoms with E-state index in [9.17, 15) is 0 Å². The number of rotatable bonds is 8. The Morgan fingerprint density at radius 2 is 2.07 bits per heavy atom. The average molecular weight is 528 g/mol. The van der Waals surface area contributed by atoms with Crippen molar-refractivity contribution >= 4 is 29.9 Å². The number of ether oxygens (including phenoxy) is 2. The van der Waals surface area contributed by atoms with Gasteiger partial charge < -0.3 is 24.6 Å². The maximum Gasteiger partial charge on any atom is 0.191 e. The fourth-order valence-corrected chi connectivity index (χ4v) is 3.26. The highest BCUT2D eigenvalue weighted by Crippen LogP contribution is 2.35. The van der Waals surface area contributed by atoms with Crippen LogP contribution in [-0.4, -0.2) is 30.4 Å². The van der Waals surface area contributed by atoms with Gasteiger partial charge in [0.15, 0.2) is 11.7 Å². The van der Waals surface area contributed by atoms with Gasteiger partial charge in [0.2, 0.25) is 0 Å². The van der Waals surface area contributed by atoms with Crippen LogP contribution in [0.15, 0.2) is 27.7 Å². The molecular weight excluding hydrogens is 495 g/mol. The van der Waals surface area contributed by atoms with E-state index in [1.165, 1.54) is 5.56 Å². The lowest BCUT2D eigenvalue weighted by Crippen LogP contribution is -2.36. The highest BCUT2D eigenvalue weighted by molar-refractivity contribution is 14.0. The first-order valence-corrected chi connectivity index (χ1v) is 10.4. The Morgan fingerprint density at radius 3 is 2.73 bits per heavy atom. The first kappa shape index (κ1) is 24.3. The van der Waals surface area contributed by atoms with Crippen molar-refractivity contribution in [1.82, 2.24) is 15.8 Å². The zero-order valence-corrected chi connectivity index (χ0v) is 20.8. The molecule has 0 bridgehead atoms. The van der Waals surface area contributed by atoms with Gasteiger partial charge >= 0.3 is 0 Å². The molecule has 0 aliphatic carbocycles. The zero-order valence-electron chi connectivity index (χ0n) is 18.4. The highest BCUT2D eigenvalue weighted by Gasteiger charge is 2.21. The molecule has 2 heterocycles. The van der Waals surface area contributed by atoms with Crippen molar-refractivity contribution in [3.63, 3.8) is 0 Å². The largest absolute Gasteiger partial charge is 0.494 e. The van der Waals surface area contributed by atoms with E-state index < -0.39 is 0 Å². The van der Waals surface area contributed by atoms with Crippen molar-refractivity contribution in [1.29, 1.82) is 0 Å². The van der Waals surface area contributed by atoms with Crippen molar-refractivity contribution in [2.75, 3.05) is 13.2 Å². The van der Waals surface area contributed by atoms with Gasteiger partial charge in [0.25, 0.3) is 0 Å². The minimum atomic E-state index is 0. The maximum atomic E-state index is 5.91. The van der Waals surface area contributed by atoms with E-state index in [0.717, 1.165) is 41.5 Å². The summed E-state index contributed by atoms with van der Waals surface area (Å²) in [7, 11) is 0. The summed E-state index contributed by atoms with van der Waals surface area (Å²) in [6.45, 7) is 12.7. The molecule has 1 atom stereocenters. The summed E-state index contributed by atoms with van der Waals surface area (Å²) in [5.41, 5.74) is 3.17. The van der Waals surface area contributed by atoms with E-state index >= 15 is 0 Å². The first-order valence-electron chi connectivity index (χ1n) is 10.4. The van der Waals surface area contributed by atoms with Gasteiger partial charge in [0.1, 0.15) is 17.6 Å². The van der Waals surface area contributed by atoms with Crippen molar-refractivity contribution in [3.8, 4) is 11.5 Å². The summed E-state index contributed by atoms with van der Waals surface area (Å²) in [5, 5.41) is 10.7. The van der Waals surface area contributed by atoms with Crippen LogP contribution in [0.2, 0.25) is 0 Å². The number of halogens is 1. The molecule has 3 rings (SSSR count).